The third-order valence-corrected chi connectivity index (χ3v) is 3.07. The van der Waals surface area contributed by atoms with Crippen molar-refractivity contribution in [3.63, 3.8) is 0 Å². The molecule has 0 radical (unpaired) electrons. The normalized spacial score (nSPS) is 18.3. The van der Waals surface area contributed by atoms with E-state index >= 15 is 0 Å². The fourth-order valence-electron chi connectivity index (χ4n) is 1.98. The van der Waals surface area contributed by atoms with Crippen molar-refractivity contribution in [1.29, 1.82) is 0 Å². The van der Waals surface area contributed by atoms with Gasteiger partial charge >= 0.3 is 0 Å². The molecule has 0 aromatic carbocycles. The highest BCUT2D eigenvalue weighted by Crippen LogP contribution is 2.11. The molecule has 2 rings (SSSR count). The summed E-state index contributed by atoms with van der Waals surface area (Å²) in [6, 6.07) is 0.604. The van der Waals surface area contributed by atoms with Gasteiger partial charge < -0.3 is 10.1 Å². The number of hydrogen-bond acceptors (Lipinski definition) is 3. The Hall–Kier alpha value is -0.870. The summed E-state index contributed by atoms with van der Waals surface area (Å²) in [5, 5.41) is 10.8. The van der Waals surface area contributed by atoms with Crippen LogP contribution in [0, 0.1) is 13.8 Å². The summed E-state index contributed by atoms with van der Waals surface area (Å²) in [6.07, 6.45) is 2.24. The van der Waals surface area contributed by atoms with Crippen molar-refractivity contribution in [2.24, 2.45) is 0 Å². The van der Waals surface area contributed by atoms with Gasteiger partial charge in [-0.15, -0.1) is 0 Å². The number of ether oxygens (including phenoxy) is 1. The summed E-state index contributed by atoms with van der Waals surface area (Å²) in [5.74, 6) is 0. The maximum atomic E-state index is 5.33. The molecule has 1 aliphatic heterocycles. The third kappa shape index (κ3) is 2.58. The van der Waals surface area contributed by atoms with E-state index in [-0.39, 0.29) is 0 Å². The number of nitrogens with zero attached hydrogens (tertiary/aromatic N) is 1. The molecule has 0 aliphatic carbocycles. The van der Waals surface area contributed by atoms with Crippen molar-refractivity contribution >= 4 is 0 Å². The first-order chi connectivity index (χ1) is 7.27. The van der Waals surface area contributed by atoms with Gasteiger partial charge in [-0.05, 0) is 26.7 Å². The molecule has 15 heavy (non-hydrogen) atoms. The molecule has 4 nitrogen and oxygen atoms in total. The first kappa shape index (κ1) is 10.6. The minimum atomic E-state index is 0.604. The Kier molecular flexibility index (Phi) is 3.38. The standard InChI is InChI=1S/C11H19N3O/c1-8-11(9(2)14-13-8)7-12-10-3-5-15-6-4-10/h10,12H,3-7H2,1-2H3,(H,13,14). The molecule has 0 bridgehead atoms. The molecule has 84 valence electrons. The number of aromatic nitrogens is 2. The lowest BCUT2D eigenvalue weighted by molar-refractivity contribution is 0.0776. The van der Waals surface area contributed by atoms with E-state index < -0.39 is 0 Å². The van der Waals surface area contributed by atoms with Gasteiger partial charge in [-0.2, -0.15) is 5.10 Å². The van der Waals surface area contributed by atoms with Crippen LogP contribution < -0.4 is 5.32 Å². The predicted octanol–water partition coefficient (Wildman–Crippen LogP) is 1.30. The van der Waals surface area contributed by atoms with Gasteiger partial charge in [0.05, 0.1) is 5.69 Å². The first-order valence-corrected chi connectivity index (χ1v) is 5.59. The van der Waals surface area contributed by atoms with Crippen molar-refractivity contribution in [1.82, 2.24) is 15.5 Å². The van der Waals surface area contributed by atoms with Crippen LogP contribution in [0.1, 0.15) is 29.8 Å². The van der Waals surface area contributed by atoms with Gasteiger partial charge in [0.15, 0.2) is 0 Å². The van der Waals surface area contributed by atoms with E-state index in [9.17, 15) is 0 Å². The van der Waals surface area contributed by atoms with E-state index in [1.54, 1.807) is 0 Å². The molecule has 1 aromatic heterocycles. The van der Waals surface area contributed by atoms with E-state index in [1.807, 2.05) is 6.92 Å². The van der Waals surface area contributed by atoms with Crippen molar-refractivity contribution in [3.05, 3.63) is 17.0 Å². The fourth-order valence-corrected chi connectivity index (χ4v) is 1.98. The number of aryl methyl sites for hydroxylation is 2. The molecule has 0 atom stereocenters. The first-order valence-electron chi connectivity index (χ1n) is 5.59. The van der Waals surface area contributed by atoms with Crippen molar-refractivity contribution < 1.29 is 4.74 Å². The lowest BCUT2D eigenvalue weighted by Crippen LogP contribution is -2.34. The van der Waals surface area contributed by atoms with E-state index in [2.05, 4.69) is 22.4 Å². The Labute approximate surface area is 90.4 Å². The molecule has 2 N–H and O–H groups in total. The maximum Gasteiger partial charge on any atom is 0.0638 e. The van der Waals surface area contributed by atoms with Gasteiger partial charge in [0.1, 0.15) is 0 Å². The van der Waals surface area contributed by atoms with Crippen LogP contribution in [-0.4, -0.2) is 29.5 Å². The molecule has 1 aromatic rings. The van der Waals surface area contributed by atoms with Crippen LogP contribution in [0.3, 0.4) is 0 Å². The molecule has 1 fully saturated rings. The zero-order chi connectivity index (χ0) is 10.7. The number of hydrogen-bond donors (Lipinski definition) is 2. The van der Waals surface area contributed by atoms with Crippen molar-refractivity contribution in [3.8, 4) is 0 Å². The van der Waals surface area contributed by atoms with E-state index in [4.69, 9.17) is 4.74 Å². The highest BCUT2D eigenvalue weighted by molar-refractivity contribution is 5.22. The van der Waals surface area contributed by atoms with Gasteiger partial charge in [-0.1, -0.05) is 0 Å². The van der Waals surface area contributed by atoms with Gasteiger partial charge in [0, 0.05) is 37.1 Å². The van der Waals surface area contributed by atoms with Crippen molar-refractivity contribution in [2.75, 3.05) is 13.2 Å². The second-order valence-corrected chi connectivity index (χ2v) is 4.18. The largest absolute Gasteiger partial charge is 0.381 e. The summed E-state index contributed by atoms with van der Waals surface area (Å²) in [6.45, 7) is 6.81. The SMILES string of the molecule is Cc1n[nH]c(C)c1CNC1CCOCC1. The number of rotatable bonds is 3. The van der Waals surface area contributed by atoms with Gasteiger partial charge in [-0.25, -0.2) is 0 Å². The summed E-state index contributed by atoms with van der Waals surface area (Å²) in [7, 11) is 0. The average molecular weight is 209 g/mol. The molecular weight excluding hydrogens is 190 g/mol. The zero-order valence-electron chi connectivity index (χ0n) is 9.47. The lowest BCUT2D eigenvalue weighted by atomic mass is 10.1. The van der Waals surface area contributed by atoms with E-state index in [0.717, 1.165) is 38.3 Å². The van der Waals surface area contributed by atoms with Crippen LogP contribution in [0.15, 0.2) is 0 Å². The Bertz CT molecular complexity index is 296. The molecule has 4 heteroatoms. The second-order valence-electron chi connectivity index (χ2n) is 4.18. The summed E-state index contributed by atoms with van der Waals surface area (Å²) in [5.41, 5.74) is 3.58. The predicted molar refractivity (Wildman–Crippen MR) is 58.7 cm³/mol. The molecule has 2 heterocycles. The average Bonchev–Trinajstić information content (AvgIpc) is 2.58. The van der Waals surface area contributed by atoms with E-state index in [1.165, 1.54) is 11.3 Å². The van der Waals surface area contributed by atoms with Crippen molar-refractivity contribution in [2.45, 2.75) is 39.3 Å². The highest BCUT2D eigenvalue weighted by atomic mass is 16.5. The maximum absolute atomic E-state index is 5.33. The third-order valence-electron chi connectivity index (χ3n) is 3.07. The Morgan fingerprint density at radius 3 is 2.73 bits per heavy atom. The summed E-state index contributed by atoms with van der Waals surface area (Å²) in [4.78, 5) is 0. The van der Waals surface area contributed by atoms with Crippen LogP contribution in [0.25, 0.3) is 0 Å². The van der Waals surface area contributed by atoms with E-state index in [0.29, 0.717) is 6.04 Å². The minimum Gasteiger partial charge on any atom is -0.381 e. The Balaban J connectivity index is 1.87. The Morgan fingerprint density at radius 1 is 1.40 bits per heavy atom. The van der Waals surface area contributed by atoms with Crippen LogP contribution >= 0.6 is 0 Å². The number of nitrogens with one attached hydrogen (secondary N) is 2. The van der Waals surface area contributed by atoms with Crippen LogP contribution in [-0.2, 0) is 11.3 Å². The number of aromatic amines is 1. The molecule has 1 saturated heterocycles. The topological polar surface area (TPSA) is 49.9 Å². The van der Waals surface area contributed by atoms with Gasteiger partial charge in [-0.3, -0.25) is 5.10 Å². The lowest BCUT2D eigenvalue weighted by Gasteiger charge is -2.23. The molecule has 0 amide bonds. The van der Waals surface area contributed by atoms with Gasteiger partial charge in [0.25, 0.3) is 0 Å². The van der Waals surface area contributed by atoms with Crippen LogP contribution in [0.4, 0.5) is 0 Å². The van der Waals surface area contributed by atoms with Crippen LogP contribution in [0.5, 0.6) is 0 Å². The molecular formula is C11H19N3O. The van der Waals surface area contributed by atoms with Crippen LogP contribution in [0.2, 0.25) is 0 Å². The smallest absolute Gasteiger partial charge is 0.0638 e. The summed E-state index contributed by atoms with van der Waals surface area (Å²) >= 11 is 0. The highest BCUT2D eigenvalue weighted by Gasteiger charge is 2.14. The minimum absolute atomic E-state index is 0.604. The Morgan fingerprint density at radius 2 is 2.13 bits per heavy atom. The molecule has 1 aliphatic rings. The monoisotopic (exact) mass is 209 g/mol. The summed E-state index contributed by atoms with van der Waals surface area (Å²) < 4.78 is 5.33. The zero-order valence-corrected chi connectivity index (χ0v) is 9.47. The number of H-pyrrole nitrogens is 1. The quantitative estimate of drug-likeness (QED) is 0.788. The molecule has 0 saturated carbocycles. The van der Waals surface area contributed by atoms with Gasteiger partial charge in [0.2, 0.25) is 0 Å². The molecule has 0 spiro atoms. The fraction of sp³-hybridized carbons (Fsp3) is 0.727. The second kappa shape index (κ2) is 4.77. The molecule has 0 unspecified atom stereocenters.